The maximum atomic E-state index is 13.0. The lowest BCUT2D eigenvalue weighted by Gasteiger charge is -2.34. The molecule has 1 aliphatic heterocycles. The van der Waals surface area contributed by atoms with Crippen molar-refractivity contribution in [1.82, 2.24) is 14.8 Å². The van der Waals surface area contributed by atoms with Crippen LogP contribution in [0, 0.1) is 11.7 Å². The van der Waals surface area contributed by atoms with Gasteiger partial charge in [-0.3, -0.25) is 4.79 Å². The number of hydrogen-bond donors (Lipinski definition) is 0. The first-order chi connectivity index (χ1) is 12.1. The molecule has 1 amide bonds. The van der Waals surface area contributed by atoms with Crippen molar-refractivity contribution < 1.29 is 9.18 Å². The van der Waals surface area contributed by atoms with Gasteiger partial charge >= 0.3 is 0 Å². The van der Waals surface area contributed by atoms with E-state index in [0.717, 1.165) is 45.4 Å². The van der Waals surface area contributed by atoms with Crippen molar-refractivity contribution in [1.29, 1.82) is 0 Å². The van der Waals surface area contributed by atoms with Crippen LogP contribution in [0.2, 0.25) is 0 Å². The van der Waals surface area contributed by atoms with Gasteiger partial charge in [0.1, 0.15) is 11.5 Å². The molecule has 3 rings (SSSR count). The highest BCUT2D eigenvalue weighted by Gasteiger charge is 2.23. The average Bonchev–Trinajstić information content (AvgIpc) is 3.15. The largest absolute Gasteiger partial charge is 0.340 e. The van der Waals surface area contributed by atoms with Gasteiger partial charge in [0.2, 0.25) is 0 Å². The summed E-state index contributed by atoms with van der Waals surface area (Å²) in [5.41, 5.74) is 3.40. The van der Waals surface area contributed by atoms with Gasteiger partial charge in [0.05, 0.1) is 5.51 Å². The van der Waals surface area contributed by atoms with E-state index in [1.165, 1.54) is 29.0 Å². The van der Waals surface area contributed by atoms with E-state index in [0.29, 0.717) is 11.6 Å². The summed E-state index contributed by atoms with van der Waals surface area (Å²) in [6.07, 6.45) is 3.25. The van der Waals surface area contributed by atoms with Crippen LogP contribution in [0.5, 0.6) is 0 Å². The molecular formula is C19H24FN3OS. The summed E-state index contributed by atoms with van der Waals surface area (Å²) in [5.74, 6) is 0.314. The Hall–Kier alpha value is -1.79. The van der Waals surface area contributed by atoms with E-state index in [9.17, 15) is 9.18 Å². The highest BCUT2D eigenvalue weighted by Crippen LogP contribution is 2.19. The van der Waals surface area contributed by atoms with Gasteiger partial charge in [-0.05, 0) is 49.4 Å². The van der Waals surface area contributed by atoms with Gasteiger partial charge in [-0.15, -0.1) is 11.3 Å². The van der Waals surface area contributed by atoms with Crippen LogP contribution in [0.4, 0.5) is 4.39 Å². The van der Waals surface area contributed by atoms with Crippen LogP contribution in [0.3, 0.4) is 0 Å². The molecule has 134 valence electrons. The molecule has 0 spiro atoms. The van der Waals surface area contributed by atoms with E-state index in [-0.39, 0.29) is 11.7 Å². The van der Waals surface area contributed by atoms with Gasteiger partial charge in [0.15, 0.2) is 0 Å². The Balaban J connectivity index is 1.47. The predicted molar refractivity (Wildman–Crippen MR) is 98.3 cm³/mol. The Bertz CT molecular complexity index is 674. The number of likely N-dealkylation sites (tertiary alicyclic amines) is 1. The monoisotopic (exact) mass is 361 g/mol. The number of carbonyl (C=O) groups is 1. The number of benzene rings is 1. The van der Waals surface area contributed by atoms with Crippen LogP contribution in [0.25, 0.3) is 0 Å². The number of piperidine rings is 1. The number of aromatic nitrogens is 1. The van der Waals surface area contributed by atoms with Crippen molar-refractivity contribution in [3.05, 3.63) is 52.2 Å². The molecule has 1 aromatic heterocycles. The van der Waals surface area contributed by atoms with Crippen LogP contribution in [-0.2, 0) is 6.42 Å². The van der Waals surface area contributed by atoms with Crippen LogP contribution < -0.4 is 0 Å². The molecule has 6 heteroatoms. The third-order valence-electron chi connectivity index (χ3n) is 4.76. The first-order valence-corrected chi connectivity index (χ1v) is 9.66. The third kappa shape index (κ3) is 5.09. The summed E-state index contributed by atoms with van der Waals surface area (Å²) in [7, 11) is 1.86. The molecule has 4 nitrogen and oxygen atoms in total. The van der Waals surface area contributed by atoms with E-state index >= 15 is 0 Å². The van der Waals surface area contributed by atoms with Crippen molar-refractivity contribution in [3.8, 4) is 0 Å². The van der Waals surface area contributed by atoms with Crippen molar-refractivity contribution >= 4 is 17.2 Å². The summed E-state index contributed by atoms with van der Waals surface area (Å²) in [5, 5.41) is 1.80. The molecule has 1 aliphatic rings. The quantitative estimate of drug-likeness (QED) is 0.792. The zero-order valence-electron chi connectivity index (χ0n) is 14.5. The summed E-state index contributed by atoms with van der Waals surface area (Å²) >= 11 is 1.45. The van der Waals surface area contributed by atoms with E-state index in [1.54, 1.807) is 15.8 Å². The minimum Gasteiger partial charge on any atom is -0.340 e. The fourth-order valence-electron chi connectivity index (χ4n) is 3.43. The number of amides is 1. The smallest absolute Gasteiger partial charge is 0.273 e. The molecule has 1 unspecified atom stereocenters. The minimum absolute atomic E-state index is 0.00434. The van der Waals surface area contributed by atoms with Crippen LogP contribution in [0.15, 0.2) is 35.2 Å². The normalized spacial score (nSPS) is 18.2. The van der Waals surface area contributed by atoms with Crippen LogP contribution in [-0.4, -0.2) is 53.9 Å². The molecule has 1 fully saturated rings. The topological polar surface area (TPSA) is 36.4 Å². The number of thiazole rings is 1. The average molecular weight is 361 g/mol. The Morgan fingerprint density at radius 1 is 1.40 bits per heavy atom. The second-order valence-electron chi connectivity index (χ2n) is 6.74. The first-order valence-electron chi connectivity index (χ1n) is 8.72. The van der Waals surface area contributed by atoms with Crippen LogP contribution >= 0.6 is 11.3 Å². The Morgan fingerprint density at radius 2 is 2.20 bits per heavy atom. The highest BCUT2D eigenvalue weighted by molar-refractivity contribution is 7.07. The minimum atomic E-state index is -0.186. The molecule has 1 saturated heterocycles. The maximum absolute atomic E-state index is 13.0. The van der Waals surface area contributed by atoms with E-state index in [2.05, 4.69) is 9.88 Å². The molecular weight excluding hydrogens is 337 g/mol. The SMILES string of the molecule is CN(CC1CCCN(CCc2ccc(F)cc2)C1)C(=O)c1cscn1. The molecule has 25 heavy (non-hydrogen) atoms. The summed E-state index contributed by atoms with van der Waals surface area (Å²) in [4.78, 5) is 20.7. The Kier molecular flexibility index (Phi) is 6.15. The lowest BCUT2D eigenvalue weighted by Crippen LogP contribution is -2.42. The fraction of sp³-hybridized carbons (Fsp3) is 0.474. The van der Waals surface area contributed by atoms with Gasteiger partial charge < -0.3 is 9.80 Å². The molecule has 0 bridgehead atoms. The van der Waals surface area contributed by atoms with E-state index < -0.39 is 0 Å². The number of carbonyl (C=O) groups excluding carboxylic acids is 1. The highest BCUT2D eigenvalue weighted by atomic mass is 32.1. The summed E-state index contributed by atoms with van der Waals surface area (Å²) in [6, 6.07) is 6.76. The standard InChI is InChI=1S/C19H24FN3OS/c1-22(19(24)18-13-25-14-21-18)11-16-3-2-9-23(12-16)10-8-15-4-6-17(20)7-5-15/h4-7,13-14,16H,2-3,8-12H2,1H3. The number of halogens is 1. The third-order valence-corrected chi connectivity index (χ3v) is 5.35. The van der Waals surface area contributed by atoms with Crippen molar-refractivity contribution in [2.75, 3.05) is 33.2 Å². The van der Waals surface area contributed by atoms with E-state index in [4.69, 9.17) is 0 Å². The fourth-order valence-corrected chi connectivity index (χ4v) is 3.95. The van der Waals surface area contributed by atoms with E-state index in [1.807, 2.05) is 19.2 Å². The van der Waals surface area contributed by atoms with Gasteiger partial charge in [0.25, 0.3) is 5.91 Å². The zero-order valence-corrected chi connectivity index (χ0v) is 15.3. The Labute approximate surface area is 152 Å². The molecule has 0 saturated carbocycles. The number of nitrogens with zero attached hydrogens (tertiary/aromatic N) is 3. The summed E-state index contributed by atoms with van der Waals surface area (Å²) < 4.78 is 13.0. The number of hydrogen-bond acceptors (Lipinski definition) is 4. The van der Waals surface area contributed by atoms with Crippen molar-refractivity contribution in [2.24, 2.45) is 5.92 Å². The molecule has 1 aromatic carbocycles. The lowest BCUT2D eigenvalue weighted by molar-refractivity contribution is 0.0725. The van der Waals surface area contributed by atoms with Crippen LogP contribution in [0.1, 0.15) is 28.9 Å². The molecule has 1 atom stereocenters. The molecule has 2 aromatic rings. The van der Waals surface area contributed by atoms with Gasteiger partial charge in [-0.2, -0.15) is 0 Å². The molecule has 0 aliphatic carbocycles. The molecule has 2 heterocycles. The number of rotatable bonds is 6. The Morgan fingerprint density at radius 3 is 2.92 bits per heavy atom. The maximum Gasteiger partial charge on any atom is 0.273 e. The van der Waals surface area contributed by atoms with Crippen molar-refractivity contribution in [3.63, 3.8) is 0 Å². The zero-order chi connectivity index (χ0) is 17.6. The van der Waals surface area contributed by atoms with Gasteiger partial charge in [-0.1, -0.05) is 12.1 Å². The molecule has 0 radical (unpaired) electrons. The lowest BCUT2D eigenvalue weighted by atomic mass is 9.97. The summed E-state index contributed by atoms with van der Waals surface area (Å²) in [6.45, 7) is 3.85. The first kappa shape index (κ1) is 18.0. The van der Waals surface area contributed by atoms with Gasteiger partial charge in [0, 0.05) is 32.1 Å². The predicted octanol–water partition coefficient (Wildman–Crippen LogP) is 3.31. The van der Waals surface area contributed by atoms with Crippen molar-refractivity contribution in [2.45, 2.75) is 19.3 Å². The second-order valence-corrected chi connectivity index (χ2v) is 7.46. The molecule has 0 N–H and O–H groups in total. The van der Waals surface area contributed by atoms with Gasteiger partial charge in [-0.25, -0.2) is 9.37 Å². The second kappa shape index (κ2) is 8.54.